The second kappa shape index (κ2) is 78.6. The summed E-state index contributed by atoms with van der Waals surface area (Å²) in [4.78, 5) is 62.4. The monoisotopic (exact) mass is 1420 g/mol. The standard InChI is InChI=1S/C90H162O11/c1-6-11-16-51-66-81(91)67-52-41-31-21-27-37-47-62-77-87(94)99-83(69-54-18-13-8-3)73-58-43-33-23-29-39-49-64-79-89(96)101-85(71-56-20-15-10-5)75-60-45-35-25-30-40-50-65-80-90(97)100-84(70-55-19-14-9-4)74-59-44-34-24-28-38-48-63-78-88(95)98-82(68-53-17-12-7-2)72-57-42-32-22-26-36-46-61-76-86(92)93/h41-45,52,57-60,81-85,91H,6-40,46-51,53-56,61-80H2,1-5H3,(H,92,93). The van der Waals surface area contributed by atoms with Crippen molar-refractivity contribution in [3.63, 3.8) is 0 Å². The molecule has 0 aromatic rings. The largest absolute Gasteiger partial charge is 0.481 e. The SMILES string of the molecule is CCCCCCC(O)CC=CCCCCCCCC(=O)OC(CC=CCCCCCCCC(=O)OC(CC=CCCCCCCCC(=O)OC(CC=CCCCCCCCC(=O)OC(CC=CCCCCCCCC(=O)O)CCCCCC)CCCCCC)CCCCCC)CCCCCC. The van der Waals surface area contributed by atoms with Gasteiger partial charge in [-0.3, -0.25) is 24.0 Å². The van der Waals surface area contributed by atoms with Gasteiger partial charge in [0.05, 0.1) is 6.10 Å². The van der Waals surface area contributed by atoms with E-state index in [0.717, 1.165) is 283 Å². The van der Waals surface area contributed by atoms with Crippen molar-refractivity contribution in [2.45, 2.75) is 482 Å². The molecule has 0 aromatic heterocycles. The predicted octanol–water partition coefficient (Wildman–Crippen LogP) is 27.3. The van der Waals surface area contributed by atoms with E-state index < -0.39 is 5.97 Å². The summed E-state index contributed by atoms with van der Waals surface area (Å²) in [6.07, 6.45) is 87.7. The number of esters is 4. The number of rotatable bonds is 79. The Morgan fingerprint density at radius 2 is 0.436 bits per heavy atom. The molecule has 5 atom stereocenters. The number of aliphatic hydroxyl groups is 1. The van der Waals surface area contributed by atoms with Crippen molar-refractivity contribution in [3.8, 4) is 0 Å². The van der Waals surface area contributed by atoms with Crippen LogP contribution >= 0.6 is 0 Å². The minimum Gasteiger partial charge on any atom is -0.481 e. The number of carboxylic acid groups (broad SMARTS) is 1. The summed E-state index contributed by atoms with van der Waals surface area (Å²) in [6.45, 7) is 11.1. The molecule has 0 fully saturated rings. The zero-order chi connectivity index (χ0) is 73.6. The fourth-order valence-electron chi connectivity index (χ4n) is 13.1. The van der Waals surface area contributed by atoms with Gasteiger partial charge in [0.15, 0.2) is 0 Å². The van der Waals surface area contributed by atoms with Crippen LogP contribution in [0.2, 0.25) is 0 Å². The van der Waals surface area contributed by atoms with Gasteiger partial charge in [0, 0.05) is 57.8 Å². The summed E-state index contributed by atoms with van der Waals surface area (Å²) >= 11 is 0. The van der Waals surface area contributed by atoms with E-state index in [4.69, 9.17) is 24.1 Å². The van der Waals surface area contributed by atoms with Crippen molar-refractivity contribution in [2.75, 3.05) is 0 Å². The first-order valence-electron chi connectivity index (χ1n) is 43.4. The number of allylic oxidation sites excluding steroid dienone is 5. The number of unbranched alkanes of at least 4 members (excludes halogenated alkanes) is 40. The molecule has 0 aliphatic rings. The fourth-order valence-corrected chi connectivity index (χ4v) is 13.1. The quantitative estimate of drug-likeness (QED) is 0.0258. The normalized spacial score (nSPS) is 13.5. The van der Waals surface area contributed by atoms with Crippen LogP contribution in [-0.2, 0) is 42.9 Å². The maximum Gasteiger partial charge on any atom is 0.306 e. The summed E-state index contributed by atoms with van der Waals surface area (Å²) in [5.74, 6) is -0.930. The fraction of sp³-hybridized carbons (Fsp3) is 0.833. The number of ether oxygens (including phenoxy) is 4. The number of carbonyl (C=O) groups is 5. The van der Waals surface area contributed by atoms with E-state index in [0.29, 0.717) is 25.7 Å². The van der Waals surface area contributed by atoms with Gasteiger partial charge in [-0.1, -0.05) is 294 Å². The molecule has 0 aliphatic carbocycles. The lowest BCUT2D eigenvalue weighted by Crippen LogP contribution is -2.17. The van der Waals surface area contributed by atoms with Gasteiger partial charge < -0.3 is 29.2 Å². The second-order valence-corrected chi connectivity index (χ2v) is 29.8. The van der Waals surface area contributed by atoms with Crippen LogP contribution in [-0.4, -0.2) is 70.6 Å². The van der Waals surface area contributed by atoms with Gasteiger partial charge >= 0.3 is 29.8 Å². The zero-order valence-electron chi connectivity index (χ0n) is 66.7. The average molecular weight is 1420 g/mol. The predicted molar refractivity (Wildman–Crippen MR) is 427 cm³/mol. The van der Waals surface area contributed by atoms with E-state index in [-0.39, 0.29) is 60.8 Å². The molecule has 0 heterocycles. The lowest BCUT2D eigenvalue weighted by Gasteiger charge is -2.17. The van der Waals surface area contributed by atoms with E-state index in [1.165, 1.54) is 103 Å². The molecular formula is C90H162O11. The van der Waals surface area contributed by atoms with Crippen molar-refractivity contribution in [1.29, 1.82) is 0 Å². The Kier molecular flexibility index (Phi) is 75.5. The van der Waals surface area contributed by atoms with Crippen LogP contribution < -0.4 is 0 Å². The number of hydrogen-bond donors (Lipinski definition) is 2. The van der Waals surface area contributed by atoms with Crippen LogP contribution in [0.25, 0.3) is 0 Å². The van der Waals surface area contributed by atoms with Gasteiger partial charge in [-0.2, -0.15) is 0 Å². The van der Waals surface area contributed by atoms with Crippen molar-refractivity contribution in [2.24, 2.45) is 0 Å². The highest BCUT2D eigenvalue weighted by molar-refractivity contribution is 5.70. The Bertz CT molecular complexity index is 1990. The summed E-state index contributed by atoms with van der Waals surface area (Å²) in [5.41, 5.74) is 0. The molecule has 0 saturated heterocycles. The van der Waals surface area contributed by atoms with Gasteiger partial charge in [0.2, 0.25) is 0 Å². The minimum atomic E-state index is -0.709. The lowest BCUT2D eigenvalue weighted by atomic mass is 10.0. The topological polar surface area (TPSA) is 163 Å². The lowest BCUT2D eigenvalue weighted by molar-refractivity contribution is -0.150. The number of hydrogen-bond acceptors (Lipinski definition) is 10. The van der Waals surface area contributed by atoms with Crippen molar-refractivity contribution < 1.29 is 53.1 Å². The first kappa shape index (κ1) is 97.0. The van der Waals surface area contributed by atoms with Gasteiger partial charge in [0.25, 0.3) is 0 Å². The molecule has 0 aliphatic heterocycles. The summed E-state index contributed by atoms with van der Waals surface area (Å²) in [7, 11) is 0. The number of carboxylic acids is 1. The third-order valence-corrected chi connectivity index (χ3v) is 19.7. The third-order valence-electron chi connectivity index (χ3n) is 19.7. The Morgan fingerprint density at radius 1 is 0.238 bits per heavy atom. The van der Waals surface area contributed by atoms with Crippen molar-refractivity contribution in [3.05, 3.63) is 60.8 Å². The first-order chi connectivity index (χ1) is 49.5. The molecule has 11 heteroatoms. The molecule has 0 amide bonds. The Balaban J connectivity index is 4.52. The molecule has 2 N–H and O–H groups in total. The van der Waals surface area contributed by atoms with Crippen LogP contribution in [0, 0.1) is 0 Å². The maximum absolute atomic E-state index is 13.0. The molecule has 0 saturated carbocycles. The summed E-state index contributed by atoms with van der Waals surface area (Å²) < 4.78 is 24.2. The Morgan fingerprint density at radius 3 is 0.673 bits per heavy atom. The molecule has 0 radical (unpaired) electrons. The second-order valence-electron chi connectivity index (χ2n) is 29.8. The third kappa shape index (κ3) is 74.1. The smallest absolute Gasteiger partial charge is 0.306 e. The Hall–Kier alpha value is -3.99. The highest BCUT2D eigenvalue weighted by Crippen LogP contribution is 2.22. The van der Waals surface area contributed by atoms with E-state index in [9.17, 15) is 29.1 Å². The average Bonchev–Trinajstić information content (AvgIpc) is 1.90. The van der Waals surface area contributed by atoms with E-state index >= 15 is 0 Å². The molecule has 588 valence electrons. The molecule has 5 unspecified atom stereocenters. The van der Waals surface area contributed by atoms with Crippen molar-refractivity contribution >= 4 is 29.8 Å². The van der Waals surface area contributed by atoms with Gasteiger partial charge in [-0.25, -0.2) is 0 Å². The molecule has 0 bridgehead atoms. The highest BCUT2D eigenvalue weighted by atomic mass is 16.6. The molecular weight excluding hydrogens is 1260 g/mol. The van der Waals surface area contributed by atoms with Crippen LogP contribution in [0.4, 0.5) is 0 Å². The van der Waals surface area contributed by atoms with Crippen LogP contribution in [0.5, 0.6) is 0 Å². The molecule has 101 heavy (non-hydrogen) atoms. The number of aliphatic hydroxyl groups excluding tert-OH is 1. The summed E-state index contributed by atoms with van der Waals surface area (Å²) in [5, 5.41) is 19.0. The minimum absolute atomic E-state index is 0.0323. The molecule has 0 spiro atoms. The van der Waals surface area contributed by atoms with E-state index in [2.05, 4.69) is 95.4 Å². The van der Waals surface area contributed by atoms with Gasteiger partial charge in [-0.15, -0.1) is 0 Å². The summed E-state index contributed by atoms with van der Waals surface area (Å²) in [6, 6.07) is 0. The number of carbonyl (C=O) groups excluding carboxylic acids is 4. The highest BCUT2D eigenvalue weighted by Gasteiger charge is 2.18. The molecule has 11 nitrogen and oxygen atoms in total. The van der Waals surface area contributed by atoms with Crippen LogP contribution in [0.1, 0.15) is 452 Å². The van der Waals surface area contributed by atoms with Crippen LogP contribution in [0.15, 0.2) is 60.8 Å². The molecule has 0 aromatic carbocycles. The molecule has 0 rings (SSSR count). The van der Waals surface area contributed by atoms with Crippen molar-refractivity contribution in [1.82, 2.24) is 0 Å². The maximum atomic E-state index is 13.0. The zero-order valence-corrected chi connectivity index (χ0v) is 66.7. The Labute approximate surface area is 623 Å². The van der Waals surface area contributed by atoms with E-state index in [1.54, 1.807) is 0 Å². The van der Waals surface area contributed by atoms with E-state index in [1.807, 2.05) is 0 Å². The van der Waals surface area contributed by atoms with Gasteiger partial charge in [0.1, 0.15) is 24.4 Å². The van der Waals surface area contributed by atoms with Crippen LogP contribution in [0.3, 0.4) is 0 Å². The first-order valence-corrected chi connectivity index (χ1v) is 43.4. The number of aliphatic carboxylic acids is 1. The van der Waals surface area contributed by atoms with Gasteiger partial charge in [-0.05, 0) is 161 Å².